The number of rotatable bonds is 1. The van der Waals surface area contributed by atoms with Crippen LogP contribution >= 0.6 is 0 Å². The van der Waals surface area contributed by atoms with Gasteiger partial charge in [-0.25, -0.2) is 4.98 Å². The van der Waals surface area contributed by atoms with Crippen molar-refractivity contribution in [2.24, 2.45) is 0 Å². The summed E-state index contributed by atoms with van der Waals surface area (Å²) < 4.78 is 1.90. The number of carbonyl (C=O) groups excluding carboxylic acids is 1. The molecule has 0 unspecified atom stereocenters. The smallest absolute Gasteiger partial charge is 0.255 e. The van der Waals surface area contributed by atoms with Gasteiger partial charge in [0.25, 0.3) is 5.91 Å². The average molecular weight is 256 g/mol. The molecule has 1 aliphatic heterocycles. The summed E-state index contributed by atoms with van der Waals surface area (Å²) in [4.78, 5) is 18.9. The largest absolute Gasteiger partial charge is 0.330 e. The van der Waals surface area contributed by atoms with Gasteiger partial charge in [-0.1, -0.05) is 0 Å². The first-order valence-electron chi connectivity index (χ1n) is 6.74. The molecule has 1 spiro atoms. The van der Waals surface area contributed by atoms with E-state index in [0.29, 0.717) is 0 Å². The lowest BCUT2D eigenvalue weighted by Gasteiger charge is -2.36. The Morgan fingerprint density at radius 2 is 2.26 bits per heavy atom. The second kappa shape index (κ2) is 3.81. The number of hydrogen-bond acceptors (Lipinski definition) is 3. The van der Waals surface area contributed by atoms with E-state index in [0.717, 1.165) is 43.7 Å². The summed E-state index contributed by atoms with van der Waals surface area (Å²) in [6, 6.07) is 3.78. The minimum Gasteiger partial charge on any atom is -0.330 e. The summed E-state index contributed by atoms with van der Waals surface area (Å²) >= 11 is 0. The fraction of sp³-hybridized carbons (Fsp3) is 0.429. The van der Waals surface area contributed by atoms with E-state index >= 15 is 0 Å². The molecule has 2 aromatic heterocycles. The molecule has 2 aromatic rings. The second-order valence-electron chi connectivity index (χ2n) is 5.47. The fourth-order valence-corrected chi connectivity index (χ4v) is 2.95. The zero-order chi connectivity index (χ0) is 12.9. The number of amides is 1. The lowest BCUT2D eigenvalue weighted by atomic mass is 10.1. The summed E-state index contributed by atoms with van der Waals surface area (Å²) in [5.41, 5.74) is 1.72. The molecule has 1 N–H and O–H groups in total. The average Bonchev–Trinajstić information content (AvgIpc) is 3.04. The molecule has 1 saturated carbocycles. The van der Waals surface area contributed by atoms with E-state index < -0.39 is 0 Å². The monoisotopic (exact) mass is 256 g/mol. The third-order valence-electron chi connectivity index (χ3n) is 4.25. The van der Waals surface area contributed by atoms with Crippen molar-refractivity contribution in [2.75, 3.05) is 19.6 Å². The molecule has 5 nitrogen and oxygen atoms in total. The number of nitrogens with zero attached hydrogens (tertiary/aromatic N) is 3. The van der Waals surface area contributed by atoms with Gasteiger partial charge in [-0.3, -0.25) is 4.79 Å². The van der Waals surface area contributed by atoms with Crippen LogP contribution in [0, 0.1) is 0 Å². The van der Waals surface area contributed by atoms with Gasteiger partial charge < -0.3 is 14.6 Å². The highest BCUT2D eigenvalue weighted by molar-refractivity contribution is 5.95. The number of aromatic nitrogens is 2. The van der Waals surface area contributed by atoms with Gasteiger partial charge in [-0.2, -0.15) is 0 Å². The molecular weight excluding hydrogens is 240 g/mol. The van der Waals surface area contributed by atoms with Crippen LogP contribution in [0.25, 0.3) is 5.65 Å². The predicted molar refractivity (Wildman–Crippen MR) is 71.1 cm³/mol. The Bertz CT molecular complexity index is 644. The molecule has 2 aliphatic rings. The highest BCUT2D eigenvalue weighted by atomic mass is 16.2. The Morgan fingerprint density at radius 3 is 3.11 bits per heavy atom. The van der Waals surface area contributed by atoms with Crippen molar-refractivity contribution in [3.05, 3.63) is 36.3 Å². The van der Waals surface area contributed by atoms with Gasteiger partial charge >= 0.3 is 0 Å². The van der Waals surface area contributed by atoms with Crippen LogP contribution < -0.4 is 5.32 Å². The van der Waals surface area contributed by atoms with Gasteiger partial charge in [0, 0.05) is 38.2 Å². The second-order valence-corrected chi connectivity index (χ2v) is 5.47. The van der Waals surface area contributed by atoms with Crippen LogP contribution in [0.1, 0.15) is 23.2 Å². The molecule has 3 heterocycles. The lowest BCUT2D eigenvalue weighted by Crippen LogP contribution is -2.55. The lowest BCUT2D eigenvalue weighted by molar-refractivity contribution is 0.0600. The molecule has 98 valence electrons. The van der Waals surface area contributed by atoms with Gasteiger partial charge in [-0.15, -0.1) is 0 Å². The number of fused-ring (bicyclic) bond motifs is 1. The van der Waals surface area contributed by atoms with Crippen LogP contribution in [0.2, 0.25) is 0 Å². The van der Waals surface area contributed by atoms with Crippen molar-refractivity contribution in [3.8, 4) is 0 Å². The maximum Gasteiger partial charge on any atom is 0.255 e. The maximum absolute atomic E-state index is 12.7. The molecule has 0 atom stereocenters. The Balaban J connectivity index is 1.68. The zero-order valence-corrected chi connectivity index (χ0v) is 10.7. The summed E-state index contributed by atoms with van der Waals surface area (Å²) in [5.74, 6) is 0.148. The van der Waals surface area contributed by atoms with E-state index in [-0.39, 0.29) is 11.4 Å². The van der Waals surface area contributed by atoms with E-state index in [1.165, 1.54) is 0 Å². The topological polar surface area (TPSA) is 49.6 Å². The van der Waals surface area contributed by atoms with Crippen molar-refractivity contribution in [1.29, 1.82) is 0 Å². The van der Waals surface area contributed by atoms with Gasteiger partial charge in [0.2, 0.25) is 0 Å². The molecule has 4 rings (SSSR count). The Hall–Kier alpha value is -1.88. The predicted octanol–water partition coefficient (Wildman–Crippen LogP) is 0.912. The first-order chi connectivity index (χ1) is 9.28. The molecule has 19 heavy (non-hydrogen) atoms. The Morgan fingerprint density at radius 1 is 1.37 bits per heavy atom. The number of pyridine rings is 1. The normalized spacial score (nSPS) is 20.9. The Kier molecular flexibility index (Phi) is 2.20. The van der Waals surface area contributed by atoms with Crippen LogP contribution in [-0.4, -0.2) is 45.4 Å². The standard InChI is InChI=1S/C14H16N4O/c19-13(18-8-5-15-10-14(18)3-4-14)11-1-2-12-16-6-7-17(12)9-11/h1-2,6-7,9,15H,3-5,8,10H2. The molecule has 0 bridgehead atoms. The first kappa shape index (κ1) is 11.0. The summed E-state index contributed by atoms with van der Waals surface area (Å²) in [5, 5.41) is 3.39. The molecule has 2 fully saturated rings. The molecule has 0 radical (unpaired) electrons. The number of piperazine rings is 1. The van der Waals surface area contributed by atoms with E-state index in [4.69, 9.17) is 0 Å². The highest BCUT2D eigenvalue weighted by Crippen LogP contribution is 2.42. The van der Waals surface area contributed by atoms with Crippen molar-refractivity contribution in [2.45, 2.75) is 18.4 Å². The van der Waals surface area contributed by atoms with E-state index in [2.05, 4.69) is 15.2 Å². The van der Waals surface area contributed by atoms with Crippen molar-refractivity contribution >= 4 is 11.6 Å². The molecule has 0 aromatic carbocycles. The van der Waals surface area contributed by atoms with Crippen molar-refractivity contribution < 1.29 is 4.79 Å². The third kappa shape index (κ3) is 1.65. The summed E-state index contributed by atoms with van der Waals surface area (Å²) in [6.45, 7) is 2.63. The van der Waals surface area contributed by atoms with Crippen LogP contribution in [-0.2, 0) is 0 Å². The summed E-state index contributed by atoms with van der Waals surface area (Å²) in [6.07, 6.45) is 7.74. The highest BCUT2D eigenvalue weighted by Gasteiger charge is 2.51. The minimum absolute atomic E-state index is 0.0965. The fourth-order valence-electron chi connectivity index (χ4n) is 2.95. The van der Waals surface area contributed by atoms with Crippen LogP contribution in [0.3, 0.4) is 0 Å². The van der Waals surface area contributed by atoms with Gasteiger partial charge in [0.1, 0.15) is 5.65 Å². The van der Waals surface area contributed by atoms with Crippen LogP contribution in [0.15, 0.2) is 30.7 Å². The van der Waals surface area contributed by atoms with Crippen LogP contribution in [0.4, 0.5) is 0 Å². The molecular formula is C14H16N4O. The number of hydrogen-bond donors (Lipinski definition) is 1. The van der Waals surface area contributed by atoms with E-state index in [9.17, 15) is 4.79 Å². The van der Waals surface area contributed by atoms with Gasteiger partial charge in [0.15, 0.2) is 0 Å². The van der Waals surface area contributed by atoms with Gasteiger partial charge in [-0.05, 0) is 25.0 Å². The number of imidazole rings is 1. The zero-order valence-electron chi connectivity index (χ0n) is 10.7. The maximum atomic E-state index is 12.7. The summed E-state index contributed by atoms with van der Waals surface area (Å²) in [7, 11) is 0. The van der Waals surface area contributed by atoms with Crippen molar-refractivity contribution in [3.63, 3.8) is 0 Å². The van der Waals surface area contributed by atoms with Crippen LogP contribution in [0.5, 0.6) is 0 Å². The molecule has 1 saturated heterocycles. The third-order valence-corrected chi connectivity index (χ3v) is 4.25. The first-order valence-corrected chi connectivity index (χ1v) is 6.74. The number of nitrogens with one attached hydrogen (secondary N) is 1. The Labute approximate surface area is 111 Å². The van der Waals surface area contributed by atoms with Gasteiger partial charge in [0.05, 0.1) is 11.1 Å². The quantitative estimate of drug-likeness (QED) is 0.825. The van der Waals surface area contributed by atoms with Crippen molar-refractivity contribution in [1.82, 2.24) is 19.6 Å². The van der Waals surface area contributed by atoms with E-state index in [1.54, 1.807) is 6.20 Å². The minimum atomic E-state index is 0.0965. The SMILES string of the molecule is O=C(c1ccc2nccn2c1)N1CCNCC12CC2. The molecule has 5 heteroatoms. The van der Waals surface area contributed by atoms with E-state index in [1.807, 2.05) is 28.9 Å². The molecule has 1 amide bonds. The number of carbonyl (C=O) groups is 1. The molecule has 1 aliphatic carbocycles.